The molecule has 1 aromatic carbocycles. The van der Waals surface area contributed by atoms with Crippen molar-refractivity contribution in [3.8, 4) is 18.1 Å². The van der Waals surface area contributed by atoms with Crippen molar-refractivity contribution in [2.24, 2.45) is 0 Å². The van der Waals surface area contributed by atoms with Crippen molar-refractivity contribution >= 4 is 28.4 Å². The minimum Gasteiger partial charge on any atom is -0.347 e. The molecule has 0 unspecified atom stereocenters. The highest BCUT2D eigenvalue weighted by Gasteiger charge is 2.46. The highest BCUT2D eigenvalue weighted by molar-refractivity contribution is 6.34. The first-order chi connectivity index (χ1) is 14.6. The molecule has 148 valence electrons. The lowest BCUT2D eigenvalue weighted by atomic mass is 9.95. The Balaban J connectivity index is 1.44. The molecule has 9 heteroatoms. The van der Waals surface area contributed by atoms with E-state index < -0.39 is 0 Å². The summed E-state index contributed by atoms with van der Waals surface area (Å²) in [5.74, 6) is 0.241. The zero-order valence-corrected chi connectivity index (χ0v) is 16.5. The molecule has 0 spiro atoms. The number of carbonyl (C=O) groups excluding carboxylic acids is 1. The maximum atomic E-state index is 12.9. The number of pyridine rings is 1. The highest BCUT2D eigenvalue weighted by Crippen LogP contribution is 2.37. The van der Waals surface area contributed by atoms with Crippen molar-refractivity contribution < 1.29 is 4.79 Å². The van der Waals surface area contributed by atoms with E-state index >= 15 is 0 Å². The van der Waals surface area contributed by atoms with Crippen LogP contribution in [0.3, 0.4) is 0 Å². The van der Waals surface area contributed by atoms with Crippen LogP contribution >= 0.6 is 11.6 Å². The molecule has 2 aliphatic rings. The Kier molecular flexibility index (Phi) is 4.30. The molecule has 2 aliphatic heterocycles. The highest BCUT2D eigenvalue weighted by atomic mass is 35.5. The second kappa shape index (κ2) is 7.01. The number of halogens is 1. The number of nitrogens with one attached hydrogen (secondary N) is 1. The van der Waals surface area contributed by atoms with Crippen LogP contribution in [0.25, 0.3) is 16.7 Å². The molecule has 0 aliphatic carbocycles. The third kappa shape index (κ3) is 2.85. The number of amides is 1. The van der Waals surface area contributed by atoms with Crippen molar-refractivity contribution in [2.75, 3.05) is 0 Å². The summed E-state index contributed by atoms with van der Waals surface area (Å²) in [7, 11) is 0. The molecule has 30 heavy (non-hydrogen) atoms. The number of hydrogen-bond donors (Lipinski definition) is 1. The smallest absolute Gasteiger partial charge is 0.253 e. The summed E-state index contributed by atoms with van der Waals surface area (Å²) in [5, 5.41) is 26.8. The van der Waals surface area contributed by atoms with E-state index in [1.54, 1.807) is 41.2 Å². The van der Waals surface area contributed by atoms with E-state index in [2.05, 4.69) is 21.6 Å². The first-order valence-corrected chi connectivity index (χ1v) is 10.0. The summed E-state index contributed by atoms with van der Waals surface area (Å²) >= 11 is 6.46. The molecule has 3 atom stereocenters. The number of rotatable bonds is 3. The van der Waals surface area contributed by atoms with Gasteiger partial charge in [0.25, 0.3) is 5.91 Å². The summed E-state index contributed by atoms with van der Waals surface area (Å²) < 4.78 is 1.59. The van der Waals surface area contributed by atoms with Crippen LogP contribution in [-0.2, 0) is 0 Å². The van der Waals surface area contributed by atoms with E-state index in [0.29, 0.717) is 21.9 Å². The van der Waals surface area contributed by atoms with Gasteiger partial charge in [0.05, 0.1) is 34.4 Å². The number of aromatic nitrogens is 3. The van der Waals surface area contributed by atoms with Gasteiger partial charge in [-0.3, -0.25) is 4.79 Å². The molecular formula is C21H16ClN7O. The number of carbonyl (C=O) groups is 1. The molecule has 0 radical (unpaired) electrons. The van der Waals surface area contributed by atoms with Gasteiger partial charge >= 0.3 is 0 Å². The van der Waals surface area contributed by atoms with Gasteiger partial charge in [0, 0.05) is 11.4 Å². The van der Waals surface area contributed by atoms with Crippen molar-refractivity contribution in [1.29, 1.82) is 10.5 Å². The summed E-state index contributed by atoms with van der Waals surface area (Å²) in [6.07, 6.45) is 6.58. The fourth-order valence-electron chi connectivity index (χ4n) is 4.55. The topological polar surface area (TPSA) is 111 Å². The molecule has 2 bridgehead atoms. The van der Waals surface area contributed by atoms with Crippen molar-refractivity contribution in [1.82, 2.24) is 25.0 Å². The normalized spacial score (nSPS) is 22.1. The number of benzene rings is 1. The van der Waals surface area contributed by atoms with Crippen molar-refractivity contribution in [3.05, 3.63) is 52.8 Å². The van der Waals surface area contributed by atoms with Gasteiger partial charge in [-0.1, -0.05) is 17.7 Å². The van der Waals surface area contributed by atoms with Gasteiger partial charge in [0.2, 0.25) is 0 Å². The second-order valence-electron chi connectivity index (χ2n) is 7.56. The summed E-state index contributed by atoms with van der Waals surface area (Å²) in [4.78, 5) is 19.0. The van der Waals surface area contributed by atoms with E-state index in [4.69, 9.17) is 16.9 Å². The number of nitriles is 2. The minimum absolute atomic E-state index is 0.0525. The Morgan fingerprint density at radius 3 is 2.90 bits per heavy atom. The Morgan fingerprint density at radius 2 is 2.13 bits per heavy atom. The van der Waals surface area contributed by atoms with Gasteiger partial charge in [0.1, 0.15) is 11.8 Å². The third-order valence-corrected chi connectivity index (χ3v) is 6.25. The first-order valence-electron chi connectivity index (χ1n) is 9.63. The van der Waals surface area contributed by atoms with Gasteiger partial charge in [-0.15, -0.1) is 0 Å². The van der Waals surface area contributed by atoms with E-state index in [1.807, 2.05) is 11.0 Å². The van der Waals surface area contributed by atoms with Crippen LogP contribution in [0.15, 0.2) is 36.5 Å². The predicted molar refractivity (Wildman–Crippen MR) is 109 cm³/mol. The molecule has 3 aromatic rings. The lowest BCUT2D eigenvalue weighted by molar-refractivity contribution is 0.0928. The lowest BCUT2D eigenvalue weighted by Gasteiger charge is -2.22. The monoisotopic (exact) mass is 417 g/mol. The molecule has 5 rings (SSSR count). The average molecular weight is 418 g/mol. The van der Waals surface area contributed by atoms with E-state index in [1.165, 1.54) is 0 Å². The number of fused-ring (bicyclic) bond motifs is 3. The van der Waals surface area contributed by atoms with E-state index in [-0.39, 0.29) is 29.7 Å². The Morgan fingerprint density at radius 1 is 1.27 bits per heavy atom. The SMILES string of the molecule is N#Cc1cccc(-n2ncc3cc(C(=O)N[C@@H]4C[C@@H]5CC[C@H]4N5C#N)c(Cl)cc32)n1. The molecule has 4 heterocycles. The number of nitrogens with zero attached hydrogens (tertiary/aromatic N) is 6. The molecule has 2 aromatic heterocycles. The summed E-state index contributed by atoms with van der Waals surface area (Å²) in [5.41, 5.74) is 1.35. The van der Waals surface area contributed by atoms with Crippen molar-refractivity contribution in [2.45, 2.75) is 37.4 Å². The molecular weight excluding hydrogens is 402 g/mol. The molecule has 2 fully saturated rings. The molecule has 2 saturated heterocycles. The third-order valence-electron chi connectivity index (χ3n) is 5.94. The van der Waals surface area contributed by atoms with Crippen LogP contribution in [0, 0.1) is 22.8 Å². The summed E-state index contributed by atoms with van der Waals surface area (Å²) in [6, 6.07) is 10.7. The Labute approximate surface area is 177 Å². The fraction of sp³-hybridized carbons (Fsp3) is 0.286. The van der Waals surface area contributed by atoms with Gasteiger partial charge in [-0.25, -0.2) is 9.67 Å². The Hall–Kier alpha value is -3.62. The molecule has 1 amide bonds. The van der Waals surface area contributed by atoms with Crippen LogP contribution in [0.1, 0.15) is 35.3 Å². The zero-order chi connectivity index (χ0) is 20.8. The van der Waals surface area contributed by atoms with E-state index in [0.717, 1.165) is 24.6 Å². The largest absolute Gasteiger partial charge is 0.347 e. The van der Waals surface area contributed by atoms with Crippen LogP contribution in [0.2, 0.25) is 5.02 Å². The van der Waals surface area contributed by atoms with Crippen LogP contribution < -0.4 is 5.32 Å². The standard InChI is InChI=1S/C21H16ClN7O/c22-16-8-19-12(10-25-29(19)20-3-1-2-13(9-23)26-20)6-15(16)21(30)27-17-7-14-4-5-18(17)28(14)11-24/h1-3,6,8,10,14,17-18H,4-5,7H2,(H,27,30)/t14-,17+,18+/m0/s1. The maximum absolute atomic E-state index is 12.9. The molecule has 8 nitrogen and oxygen atoms in total. The number of hydrogen-bond acceptors (Lipinski definition) is 6. The lowest BCUT2D eigenvalue weighted by Crippen LogP contribution is -2.43. The second-order valence-corrected chi connectivity index (χ2v) is 7.97. The average Bonchev–Trinajstić information content (AvgIpc) is 3.44. The minimum atomic E-state index is -0.255. The van der Waals surface area contributed by atoms with Crippen LogP contribution in [0.5, 0.6) is 0 Å². The molecule has 1 N–H and O–H groups in total. The quantitative estimate of drug-likeness (QED) is 0.656. The fourth-order valence-corrected chi connectivity index (χ4v) is 4.80. The van der Waals surface area contributed by atoms with Gasteiger partial charge in [0.15, 0.2) is 12.0 Å². The predicted octanol–water partition coefficient (Wildman–Crippen LogP) is 2.76. The Bertz CT molecular complexity index is 1250. The maximum Gasteiger partial charge on any atom is 0.253 e. The van der Waals surface area contributed by atoms with Gasteiger partial charge in [-0.05, 0) is 43.5 Å². The van der Waals surface area contributed by atoms with E-state index in [9.17, 15) is 10.1 Å². The van der Waals surface area contributed by atoms with Gasteiger partial charge in [-0.2, -0.15) is 15.6 Å². The zero-order valence-electron chi connectivity index (χ0n) is 15.8. The van der Waals surface area contributed by atoms with Gasteiger partial charge < -0.3 is 10.2 Å². The van der Waals surface area contributed by atoms with Crippen LogP contribution in [-0.4, -0.2) is 43.7 Å². The van der Waals surface area contributed by atoms with Crippen molar-refractivity contribution in [3.63, 3.8) is 0 Å². The summed E-state index contributed by atoms with van der Waals surface area (Å²) in [6.45, 7) is 0. The first kappa shape index (κ1) is 18.4. The van der Waals surface area contributed by atoms with Crippen LogP contribution in [0.4, 0.5) is 0 Å². The molecule has 0 saturated carbocycles.